The minimum absolute atomic E-state index is 0.208. The Labute approximate surface area is 115 Å². The number of nitrogens with one attached hydrogen (secondary N) is 2. The molecule has 1 amide bonds. The van der Waals surface area contributed by atoms with E-state index in [1.807, 2.05) is 0 Å². The van der Waals surface area contributed by atoms with Crippen LogP contribution < -0.4 is 10.0 Å². The second-order valence-corrected chi connectivity index (χ2v) is 6.52. The van der Waals surface area contributed by atoms with Crippen molar-refractivity contribution in [3.05, 3.63) is 47.3 Å². The van der Waals surface area contributed by atoms with Gasteiger partial charge < -0.3 is 5.32 Å². The lowest BCUT2D eigenvalue weighted by atomic mass is 10.2. The lowest BCUT2D eigenvalue weighted by Crippen LogP contribution is -2.21. The highest BCUT2D eigenvalue weighted by molar-refractivity contribution is 7.94. The van der Waals surface area contributed by atoms with Crippen LogP contribution >= 0.6 is 11.3 Å². The molecular formula is C12H12N2O3S2. The Morgan fingerprint density at radius 2 is 1.89 bits per heavy atom. The van der Waals surface area contributed by atoms with Crippen molar-refractivity contribution in [3.8, 4) is 0 Å². The molecule has 19 heavy (non-hydrogen) atoms. The molecule has 0 aliphatic rings. The van der Waals surface area contributed by atoms with E-state index in [0.717, 1.165) is 11.3 Å². The van der Waals surface area contributed by atoms with Gasteiger partial charge in [0.05, 0.1) is 11.3 Å². The van der Waals surface area contributed by atoms with Gasteiger partial charge in [-0.15, -0.1) is 11.3 Å². The average molecular weight is 296 g/mol. The van der Waals surface area contributed by atoms with Crippen LogP contribution in [0.3, 0.4) is 0 Å². The van der Waals surface area contributed by atoms with Gasteiger partial charge in [0, 0.05) is 7.05 Å². The lowest BCUT2D eigenvalue weighted by molar-refractivity contribution is 0.0964. The zero-order valence-corrected chi connectivity index (χ0v) is 11.7. The summed E-state index contributed by atoms with van der Waals surface area (Å²) in [5.74, 6) is -0.343. The molecular weight excluding hydrogens is 284 g/mol. The summed E-state index contributed by atoms with van der Waals surface area (Å²) in [5, 5.41) is 4.15. The average Bonchev–Trinajstić information content (AvgIpc) is 2.93. The van der Waals surface area contributed by atoms with Crippen molar-refractivity contribution >= 4 is 33.0 Å². The topological polar surface area (TPSA) is 75.3 Å². The number of para-hydroxylation sites is 1. The van der Waals surface area contributed by atoms with Crippen LogP contribution in [0, 0.1) is 0 Å². The molecule has 100 valence electrons. The lowest BCUT2D eigenvalue weighted by Gasteiger charge is -2.10. The predicted molar refractivity (Wildman–Crippen MR) is 75.0 cm³/mol. The number of benzene rings is 1. The smallest absolute Gasteiger partial charge is 0.271 e. The van der Waals surface area contributed by atoms with Crippen molar-refractivity contribution in [1.82, 2.24) is 5.32 Å². The highest BCUT2D eigenvalue weighted by atomic mass is 32.2. The van der Waals surface area contributed by atoms with E-state index in [4.69, 9.17) is 0 Å². The number of hydrogen-bond acceptors (Lipinski definition) is 4. The maximum absolute atomic E-state index is 12.1. The predicted octanol–water partition coefficient (Wildman–Crippen LogP) is 1.91. The van der Waals surface area contributed by atoms with Gasteiger partial charge in [-0.3, -0.25) is 9.52 Å². The molecule has 0 bridgehead atoms. The molecule has 0 unspecified atom stereocenters. The Balaban J connectivity index is 2.37. The molecule has 0 atom stereocenters. The van der Waals surface area contributed by atoms with Crippen LogP contribution in [0.1, 0.15) is 10.4 Å². The maximum atomic E-state index is 12.1. The minimum atomic E-state index is -3.65. The Morgan fingerprint density at radius 3 is 2.53 bits per heavy atom. The number of anilines is 1. The molecule has 0 fully saturated rings. The van der Waals surface area contributed by atoms with E-state index in [1.54, 1.807) is 35.7 Å². The van der Waals surface area contributed by atoms with Crippen molar-refractivity contribution in [1.29, 1.82) is 0 Å². The number of rotatable bonds is 4. The SMILES string of the molecule is CNC(=O)c1ccccc1NS(=O)(=O)c1cccs1. The number of carbonyl (C=O) groups is 1. The molecule has 1 heterocycles. The quantitative estimate of drug-likeness (QED) is 0.905. The summed E-state index contributed by atoms with van der Waals surface area (Å²) < 4.78 is 26.8. The third-order valence-corrected chi connectivity index (χ3v) is 5.17. The van der Waals surface area contributed by atoms with E-state index in [1.165, 1.54) is 13.1 Å². The van der Waals surface area contributed by atoms with Gasteiger partial charge in [0.15, 0.2) is 0 Å². The van der Waals surface area contributed by atoms with Gasteiger partial charge in [0.25, 0.3) is 15.9 Å². The molecule has 2 N–H and O–H groups in total. The van der Waals surface area contributed by atoms with Gasteiger partial charge in [-0.25, -0.2) is 8.42 Å². The molecule has 0 aliphatic heterocycles. The molecule has 2 aromatic rings. The van der Waals surface area contributed by atoms with E-state index >= 15 is 0 Å². The summed E-state index contributed by atoms with van der Waals surface area (Å²) in [6.07, 6.45) is 0. The summed E-state index contributed by atoms with van der Waals surface area (Å²) in [6, 6.07) is 9.62. The molecule has 5 nitrogen and oxygen atoms in total. The minimum Gasteiger partial charge on any atom is -0.355 e. The van der Waals surface area contributed by atoms with Gasteiger partial charge >= 0.3 is 0 Å². The van der Waals surface area contributed by atoms with E-state index in [9.17, 15) is 13.2 Å². The van der Waals surface area contributed by atoms with Gasteiger partial charge in [0.1, 0.15) is 4.21 Å². The Morgan fingerprint density at radius 1 is 1.16 bits per heavy atom. The van der Waals surface area contributed by atoms with Gasteiger partial charge in [0.2, 0.25) is 0 Å². The van der Waals surface area contributed by atoms with E-state index < -0.39 is 10.0 Å². The molecule has 0 saturated carbocycles. The molecule has 1 aromatic carbocycles. The highest BCUT2D eigenvalue weighted by Crippen LogP contribution is 2.22. The summed E-state index contributed by atoms with van der Waals surface area (Å²) in [7, 11) is -2.15. The molecule has 2 rings (SSSR count). The molecule has 0 radical (unpaired) electrons. The third-order valence-electron chi connectivity index (χ3n) is 2.40. The summed E-state index contributed by atoms with van der Waals surface area (Å²) in [4.78, 5) is 11.7. The first-order chi connectivity index (χ1) is 9.04. The molecule has 1 aromatic heterocycles. The first-order valence-corrected chi connectivity index (χ1v) is 7.78. The van der Waals surface area contributed by atoms with E-state index in [2.05, 4.69) is 10.0 Å². The first kappa shape index (κ1) is 13.6. The van der Waals surface area contributed by atoms with Gasteiger partial charge in [-0.2, -0.15) is 0 Å². The van der Waals surface area contributed by atoms with Crippen LogP contribution in [-0.2, 0) is 10.0 Å². The zero-order chi connectivity index (χ0) is 13.9. The molecule has 0 saturated heterocycles. The van der Waals surface area contributed by atoms with Gasteiger partial charge in [-0.1, -0.05) is 18.2 Å². The van der Waals surface area contributed by atoms with E-state index in [0.29, 0.717) is 0 Å². The van der Waals surface area contributed by atoms with Crippen molar-refractivity contribution in [2.75, 3.05) is 11.8 Å². The zero-order valence-electron chi connectivity index (χ0n) is 10.1. The van der Waals surface area contributed by atoms with Crippen LogP contribution in [0.5, 0.6) is 0 Å². The standard InChI is InChI=1S/C12H12N2O3S2/c1-13-12(15)9-5-2-3-6-10(9)14-19(16,17)11-7-4-8-18-11/h2-8,14H,1H3,(H,13,15). The highest BCUT2D eigenvalue weighted by Gasteiger charge is 2.18. The van der Waals surface area contributed by atoms with Crippen LogP contribution in [0.2, 0.25) is 0 Å². The number of amides is 1. The number of thiophene rings is 1. The largest absolute Gasteiger partial charge is 0.355 e. The molecule has 0 aliphatic carbocycles. The van der Waals surface area contributed by atoms with Gasteiger partial charge in [-0.05, 0) is 23.6 Å². The Hall–Kier alpha value is -1.86. The number of hydrogen-bond donors (Lipinski definition) is 2. The van der Waals surface area contributed by atoms with Crippen molar-refractivity contribution in [2.45, 2.75) is 4.21 Å². The molecule has 7 heteroatoms. The van der Waals surface area contributed by atoms with Crippen LogP contribution in [0.15, 0.2) is 46.0 Å². The fourth-order valence-electron chi connectivity index (χ4n) is 1.52. The van der Waals surface area contributed by atoms with Crippen LogP contribution in [0.25, 0.3) is 0 Å². The van der Waals surface area contributed by atoms with E-state index in [-0.39, 0.29) is 21.4 Å². The van der Waals surface area contributed by atoms with Crippen LogP contribution in [0.4, 0.5) is 5.69 Å². The van der Waals surface area contributed by atoms with Crippen molar-refractivity contribution in [2.24, 2.45) is 0 Å². The fourth-order valence-corrected chi connectivity index (χ4v) is 3.59. The van der Waals surface area contributed by atoms with Crippen LogP contribution in [-0.4, -0.2) is 21.4 Å². The molecule has 0 spiro atoms. The van der Waals surface area contributed by atoms with Crippen molar-refractivity contribution in [3.63, 3.8) is 0 Å². The normalized spacial score (nSPS) is 11.0. The summed E-state index contributed by atoms with van der Waals surface area (Å²) in [5.41, 5.74) is 0.542. The summed E-state index contributed by atoms with van der Waals surface area (Å²) >= 11 is 1.12. The Kier molecular flexibility index (Phi) is 3.87. The first-order valence-electron chi connectivity index (χ1n) is 5.42. The number of sulfonamides is 1. The van der Waals surface area contributed by atoms with Crippen molar-refractivity contribution < 1.29 is 13.2 Å². The summed E-state index contributed by atoms with van der Waals surface area (Å²) in [6.45, 7) is 0. The maximum Gasteiger partial charge on any atom is 0.271 e. The number of carbonyl (C=O) groups excluding carboxylic acids is 1. The monoisotopic (exact) mass is 296 g/mol. The fraction of sp³-hybridized carbons (Fsp3) is 0.0833. The third kappa shape index (κ3) is 2.94. The second kappa shape index (κ2) is 5.41. The second-order valence-electron chi connectivity index (χ2n) is 3.66. The Bertz CT molecular complexity index is 679.